The molecule has 1 aliphatic rings. The fraction of sp³-hybridized carbons (Fsp3) is 0.235. The Balaban J connectivity index is 2.15. The molecule has 102 valence electrons. The highest BCUT2D eigenvalue weighted by molar-refractivity contribution is 7.04. The number of rotatable bonds is 3. The molecule has 0 aliphatic carbocycles. The number of hydrogen-bond acceptors (Lipinski definition) is 2. The van der Waals surface area contributed by atoms with Crippen LogP contribution in [0.15, 0.2) is 60.7 Å². The van der Waals surface area contributed by atoms with E-state index in [2.05, 4.69) is 55.1 Å². The van der Waals surface area contributed by atoms with Crippen LogP contribution < -0.4 is 10.4 Å². The van der Waals surface area contributed by atoms with Gasteiger partial charge in [-0.2, -0.15) is 0 Å². The van der Waals surface area contributed by atoms with Gasteiger partial charge < -0.3 is 4.74 Å². The Labute approximate surface area is 120 Å². The topological polar surface area (TPSA) is 26.3 Å². The zero-order valence-electron chi connectivity index (χ0n) is 11.6. The Morgan fingerprint density at radius 3 is 1.85 bits per heavy atom. The standard InChI is InChI=1S/C17H18O2Si/c1-20(14-8-4-2-5-9-14,15-10-6-3-7-11-15)16-12-13-19-17(16)18/h2-11,16H,12-13H2,1H3/t16-/m0/s1. The summed E-state index contributed by atoms with van der Waals surface area (Å²) >= 11 is 0. The molecule has 2 aromatic rings. The van der Waals surface area contributed by atoms with Gasteiger partial charge in [-0.1, -0.05) is 77.6 Å². The molecule has 0 spiro atoms. The smallest absolute Gasteiger partial charge is 0.306 e. The molecular weight excluding hydrogens is 264 g/mol. The lowest BCUT2D eigenvalue weighted by Crippen LogP contribution is -2.60. The van der Waals surface area contributed by atoms with Crippen LogP contribution in [0.3, 0.4) is 0 Å². The number of hydrogen-bond donors (Lipinski definition) is 0. The summed E-state index contributed by atoms with van der Waals surface area (Å²) in [6, 6.07) is 20.9. The molecule has 0 unspecified atom stereocenters. The van der Waals surface area contributed by atoms with Crippen molar-refractivity contribution in [3.05, 3.63) is 60.7 Å². The Morgan fingerprint density at radius 1 is 0.950 bits per heavy atom. The maximum absolute atomic E-state index is 12.2. The second-order valence-electron chi connectivity index (χ2n) is 5.44. The molecule has 1 heterocycles. The molecule has 0 saturated carbocycles. The van der Waals surface area contributed by atoms with Gasteiger partial charge >= 0.3 is 5.97 Å². The van der Waals surface area contributed by atoms with Crippen molar-refractivity contribution in [2.75, 3.05) is 6.61 Å². The van der Waals surface area contributed by atoms with Gasteiger partial charge in [0.2, 0.25) is 0 Å². The molecule has 20 heavy (non-hydrogen) atoms. The number of carbonyl (C=O) groups is 1. The van der Waals surface area contributed by atoms with Crippen LogP contribution >= 0.6 is 0 Å². The van der Waals surface area contributed by atoms with Crippen molar-refractivity contribution in [1.29, 1.82) is 0 Å². The number of cyclic esters (lactones) is 1. The molecule has 0 amide bonds. The number of benzene rings is 2. The van der Waals surface area contributed by atoms with E-state index in [0.717, 1.165) is 6.42 Å². The van der Waals surface area contributed by atoms with Crippen LogP contribution in [0.5, 0.6) is 0 Å². The van der Waals surface area contributed by atoms with Gasteiger partial charge in [0.1, 0.15) is 8.07 Å². The molecule has 1 saturated heterocycles. The van der Waals surface area contributed by atoms with E-state index in [-0.39, 0.29) is 11.5 Å². The minimum Gasteiger partial charge on any atom is -0.466 e. The monoisotopic (exact) mass is 282 g/mol. The van der Waals surface area contributed by atoms with Crippen LogP contribution in [0.1, 0.15) is 6.42 Å². The van der Waals surface area contributed by atoms with E-state index in [4.69, 9.17) is 4.74 Å². The summed E-state index contributed by atoms with van der Waals surface area (Å²) in [5.41, 5.74) is 0.0206. The first-order valence-corrected chi connectivity index (χ1v) is 9.58. The van der Waals surface area contributed by atoms with Crippen molar-refractivity contribution in [3.8, 4) is 0 Å². The van der Waals surface area contributed by atoms with Crippen molar-refractivity contribution in [2.45, 2.75) is 18.5 Å². The summed E-state index contributed by atoms with van der Waals surface area (Å²) in [7, 11) is -2.11. The average Bonchev–Trinajstić information content (AvgIpc) is 2.95. The van der Waals surface area contributed by atoms with Crippen LogP contribution in [0.4, 0.5) is 0 Å². The first kappa shape index (κ1) is 13.1. The Bertz CT molecular complexity index is 555. The highest BCUT2D eigenvalue weighted by Gasteiger charge is 2.47. The third-order valence-corrected chi connectivity index (χ3v) is 9.36. The van der Waals surface area contributed by atoms with Gasteiger partial charge in [0, 0.05) is 0 Å². The van der Waals surface area contributed by atoms with E-state index in [1.165, 1.54) is 10.4 Å². The van der Waals surface area contributed by atoms with E-state index in [1.54, 1.807) is 0 Å². The van der Waals surface area contributed by atoms with Crippen LogP contribution in [-0.2, 0) is 9.53 Å². The van der Waals surface area contributed by atoms with Crippen LogP contribution in [0.25, 0.3) is 0 Å². The Hall–Kier alpha value is -1.87. The molecule has 2 nitrogen and oxygen atoms in total. The van der Waals surface area contributed by atoms with E-state index >= 15 is 0 Å². The van der Waals surface area contributed by atoms with Crippen molar-refractivity contribution in [2.24, 2.45) is 0 Å². The summed E-state index contributed by atoms with van der Waals surface area (Å²) in [6.45, 7) is 2.85. The maximum Gasteiger partial charge on any atom is 0.306 e. The lowest BCUT2D eigenvalue weighted by atomic mass is 10.3. The van der Waals surface area contributed by atoms with Crippen LogP contribution in [0.2, 0.25) is 12.1 Å². The van der Waals surface area contributed by atoms with Crippen molar-refractivity contribution in [3.63, 3.8) is 0 Å². The van der Waals surface area contributed by atoms with Crippen LogP contribution in [0, 0.1) is 0 Å². The van der Waals surface area contributed by atoms with Gasteiger partial charge in [-0.3, -0.25) is 4.79 Å². The van der Waals surface area contributed by atoms with E-state index in [9.17, 15) is 4.79 Å². The van der Waals surface area contributed by atoms with Gasteiger partial charge in [0.05, 0.1) is 12.1 Å². The SMILES string of the molecule is C[Si](c1ccccc1)(c1ccccc1)[C@H]1CCOC1=O. The first-order valence-electron chi connectivity index (χ1n) is 7.00. The molecule has 1 atom stereocenters. The fourth-order valence-electron chi connectivity index (χ4n) is 3.16. The Kier molecular flexibility index (Phi) is 3.45. The fourth-order valence-corrected chi connectivity index (χ4v) is 7.32. The summed E-state index contributed by atoms with van der Waals surface area (Å²) in [5, 5.41) is 2.60. The number of carbonyl (C=O) groups excluding carboxylic acids is 1. The van der Waals surface area contributed by atoms with E-state index in [0.29, 0.717) is 6.61 Å². The summed E-state index contributed by atoms with van der Waals surface area (Å²) < 4.78 is 5.25. The molecular formula is C17H18O2Si. The van der Waals surface area contributed by atoms with Crippen molar-refractivity contribution < 1.29 is 9.53 Å². The lowest BCUT2D eigenvalue weighted by Gasteiger charge is -2.32. The average molecular weight is 282 g/mol. The molecule has 1 fully saturated rings. The van der Waals surface area contributed by atoms with Gasteiger partial charge in [-0.05, 0) is 6.42 Å². The minimum atomic E-state index is -2.11. The Morgan fingerprint density at radius 2 is 1.45 bits per heavy atom. The van der Waals surface area contributed by atoms with Gasteiger partial charge in [-0.15, -0.1) is 0 Å². The van der Waals surface area contributed by atoms with Gasteiger partial charge in [-0.25, -0.2) is 0 Å². The molecule has 0 aromatic heterocycles. The molecule has 0 bridgehead atoms. The van der Waals surface area contributed by atoms with Crippen molar-refractivity contribution >= 4 is 24.4 Å². The molecule has 0 radical (unpaired) electrons. The number of ether oxygens (including phenoxy) is 1. The summed E-state index contributed by atoms with van der Waals surface area (Å²) in [6.07, 6.45) is 0.839. The second kappa shape index (κ2) is 5.25. The molecule has 0 N–H and O–H groups in total. The first-order chi connectivity index (χ1) is 9.73. The zero-order valence-corrected chi connectivity index (χ0v) is 12.6. The highest BCUT2D eigenvalue weighted by Crippen LogP contribution is 2.31. The summed E-state index contributed by atoms with van der Waals surface area (Å²) in [4.78, 5) is 12.2. The predicted molar refractivity (Wildman–Crippen MR) is 83.1 cm³/mol. The zero-order chi connectivity index (χ0) is 14.0. The number of esters is 1. The van der Waals surface area contributed by atoms with Crippen LogP contribution in [-0.4, -0.2) is 20.7 Å². The van der Waals surface area contributed by atoms with Crippen molar-refractivity contribution in [1.82, 2.24) is 0 Å². The van der Waals surface area contributed by atoms with Gasteiger partial charge in [0.15, 0.2) is 0 Å². The van der Waals surface area contributed by atoms with E-state index in [1.807, 2.05) is 12.1 Å². The molecule has 3 heteroatoms. The summed E-state index contributed by atoms with van der Waals surface area (Å²) in [5.74, 6) is -0.0214. The maximum atomic E-state index is 12.2. The highest BCUT2D eigenvalue weighted by atomic mass is 28.3. The second-order valence-corrected chi connectivity index (χ2v) is 9.70. The third kappa shape index (κ3) is 2.08. The van der Waals surface area contributed by atoms with E-state index < -0.39 is 8.07 Å². The van der Waals surface area contributed by atoms with Gasteiger partial charge in [0.25, 0.3) is 0 Å². The third-order valence-electron chi connectivity index (χ3n) is 4.38. The predicted octanol–water partition coefficient (Wildman–Crippen LogP) is 2.20. The molecule has 1 aliphatic heterocycles. The minimum absolute atomic E-state index is 0.0206. The lowest BCUT2D eigenvalue weighted by molar-refractivity contribution is -0.138. The molecule has 3 rings (SSSR count). The normalized spacial score (nSPS) is 18.9. The quantitative estimate of drug-likeness (QED) is 0.637. The molecule has 2 aromatic carbocycles. The largest absolute Gasteiger partial charge is 0.466 e.